The number of halogens is 1. The molecular formula is C15H29ClO3. The molecule has 1 fully saturated rings. The van der Waals surface area contributed by atoms with Crippen molar-refractivity contribution in [2.75, 3.05) is 26.9 Å². The molecule has 0 saturated heterocycles. The first-order valence-electron chi connectivity index (χ1n) is 7.59. The highest BCUT2D eigenvalue weighted by Gasteiger charge is 2.41. The first-order chi connectivity index (χ1) is 9.22. The summed E-state index contributed by atoms with van der Waals surface area (Å²) in [4.78, 5) is 0. The molecule has 0 aromatic rings. The number of ether oxygens (including phenoxy) is 3. The summed E-state index contributed by atoms with van der Waals surface area (Å²) >= 11 is 6.18. The third-order valence-electron chi connectivity index (χ3n) is 3.87. The molecule has 1 aliphatic carbocycles. The van der Waals surface area contributed by atoms with Crippen LogP contribution in [-0.4, -0.2) is 44.5 Å². The molecule has 0 bridgehead atoms. The van der Waals surface area contributed by atoms with Gasteiger partial charge >= 0.3 is 0 Å². The second kappa shape index (κ2) is 9.98. The van der Waals surface area contributed by atoms with Crippen molar-refractivity contribution >= 4 is 11.6 Å². The minimum Gasteiger partial charge on any atom is -0.382 e. The normalized spacial score (nSPS) is 28.1. The summed E-state index contributed by atoms with van der Waals surface area (Å²) < 4.78 is 16.7. The Bertz CT molecular complexity index is 225. The zero-order valence-electron chi connectivity index (χ0n) is 12.6. The number of unbranched alkanes of at least 4 members (excludes halogenated alkanes) is 1. The summed E-state index contributed by atoms with van der Waals surface area (Å²) in [5.74, 6) is 0.675. The molecule has 0 N–H and O–H groups in total. The van der Waals surface area contributed by atoms with Gasteiger partial charge in [0.05, 0.1) is 24.7 Å². The fourth-order valence-electron chi connectivity index (χ4n) is 2.33. The minimum atomic E-state index is 0.0421. The summed E-state index contributed by atoms with van der Waals surface area (Å²) in [7, 11) is 1.68. The van der Waals surface area contributed by atoms with E-state index in [1.807, 2.05) is 0 Å². The van der Waals surface area contributed by atoms with Gasteiger partial charge in [-0.1, -0.05) is 33.1 Å². The van der Waals surface area contributed by atoms with Crippen LogP contribution in [0.5, 0.6) is 0 Å². The number of hydrogen-bond donors (Lipinski definition) is 0. The SMILES string of the molecule is CCCCC(CC)COC1CC(Cl)C1OCCOC. The van der Waals surface area contributed by atoms with Gasteiger partial charge in [0.2, 0.25) is 0 Å². The predicted octanol–water partition coefficient (Wildman–Crippen LogP) is 3.63. The lowest BCUT2D eigenvalue weighted by molar-refractivity contribution is -0.136. The van der Waals surface area contributed by atoms with Crippen LogP contribution in [0.2, 0.25) is 0 Å². The second-order valence-electron chi connectivity index (χ2n) is 5.37. The molecule has 19 heavy (non-hydrogen) atoms. The molecule has 1 rings (SSSR count). The Kier molecular flexibility index (Phi) is 9.04. The minimum absolute atomic E-state index is 0.0421. The van der Waals surface area contributed by atoms with Crippen LogP contribution < -0.4 is 0 Å². The number of hydrogen-bond acceptors (Lipinski definition) is 3. The van der Waals surface area contributed by atoms with Crippen LogP contribution in [-0.2, 0) is 14.2 Å². The van der Waals surface area contributed by atoms with E-state index in [0.717, 1.165) is 13.0 Å². The zero-order valence-corrected chi connectivity index (χ0v) is 13.3. The van der Waals surface area contributed by atoms with E-state index in [0.29, 0.717) is 19.1 Å². The largest absolute Gasteiger partial charge is 0.382 e. The lowest BCUT2D eigenvalue weighted by atomic mass is 9.90. The van der Waals surface area contributed by atoms with Crippen molar-refractivity contribution in [3.05, 3.63) is 0 Å². The molecule has 0 aliphatic heterocycles. The highest BCUT2D eigenvalue weighted by atomic mass is 35.5. The van der Waals surface area contributed by atoms with Crippen LogP contribution in [0.4, 0.5) is 0 Å². The number of rotatable bonds is 11. The third-order valence-corrected chi connectivity index (χ3v) is 4.29. The smallest absolute Gasteiger partial charge is 0.100 e. The van der Waals surface area contributed by atoms with Gasteiger partial charge in [0.1, 0.15) is 6.10 Å². The summed E-state index contributed by atoms with van der Waals surface area (Å²) in [6.45, 7) is 6.52. The summed E-state index contributed by atoms with van der Waals surface area (Å²) in [5, 5.41) is 0.0950. The van der Waals surface area contributed by atoms with Gasteiger partial charge in [-0.05, 0) is 18.8 Å². The standard InChI is InChI=1S/C15H29ClO3/c1-4-6-7-12(5-2)11-19-14-10-13(16)15(14)18-9-8-17-3/h12-15H,4-11H2,1-3H3. The summed E-state index contributed by atoms with van der Waals surface area (Å²) in [6.07, 6.45) is 6.12. The van der Waals surface area contributed by atoms with Crippen LogP contribution in [0.15, 0.2) is 0 Å². The van der Waals surface area contributed by atoms with E-state index in [2.05, 4.69) is 13.8 Å². The van der Waals surface area contributed by atoms with Crippen molar-refractivity contribution in [2.45, 2.75) is 63.5 Å². The van der Waals surface area contributed by atoms with Crippen LogP contribution in [0.3, 0.4) is 0 Å². The Morgan fingerprint density at radius 2 is 2.00 bits per heavy atom. The number of alkyl halides is 1. The molecule has 0 heterocycles. The van der Waals surface area contributed by atoms with Gasteiger partial charge in [-0.25, -0.2) is 0 Å². The molecule has 3 nitrogen and oxygen atoms in total. The molecule has 0 radical (unpaired) electrons. The lowest BCUT2D eigenvalue weighted by Crippen LogP contribution is -2.51. The van der Waals surface area contributed by atoms with Crippen LogP contribution in [0, 0.1) is 5.92 Å². The molecule has 0 amide bonds. The first-order valence-corrected chi connectivity index (χ1v) is 8.02. The van der Waals surface area contributed by atoms with Gasteiger partial charge < -0.3 is 14.2 Å². The maximum Gasteiger partial charge on any atom is 0.100 e. The molecule has 4 atom stereocenters. The van der Waals surface area contributed by atoms with Crippen LogP contribution in [0.25, 0.3) is 0 Å². The van der Waals surface area contributed by atoms with Crippen molar-refractivity contribution in [2.24, 2.45) is 5.92 Å². The first kappa shape index (κ1) is 17.2. The van der Waals surface area contributed by atoms with Crippen molar-refractivity contribution < 1.29 is 14.2 Å². The van der Waals surface area contributed by atoms with Gasteiger partial charge in [-0.3, -0.25) is 0 Å². The monoisotopic (exact) mass is 292 g/mol. The quantitative estimate of drug-likeness (QED) is 0.430. The molecule has 1 aliphatic rings. The molecule has 4 heteroatoms. The van der Waals surface area contributed by atoms with E-state index in [9.17, 15) is 0 Å². The topological polar surface area (TPSA) is 27.7 Å². The van der Waals surface area contributed by atoms with E-state index < -0.39 is 0 Å². The van der Waals surface area contributed by atoms with Crippen molar-refractivity contribution in [1.82, 2.24) is 0 Å². The van der Waals surface area contributed by atoms with Gasteiger partial charge in [0.25, 0.3) is 0 Å². The molecular weight excluding hydrogens is 264 g/mol. The average Bonchev–Trinajstić information content (AvgIpc) is 2.42. The predicted molar refractivity (Wildman–Crippen MR) is 78.9 cm³/mol. The lowest BCUT2D eigenvalue weighted by Gasteiger charge is -2.41. The van der Waals surface area contributed by atoms with E-state index in [1.54, 1.807) is 7.11 Å². The maximum atomic E-state index is 6.18. The van der Waals surface area contributed by atoms with E-state index >= 15 is 0 Å². The Labute approximate surface area is 122 Å². The molecule has 1 saturated carbocycles. The molecule has 0 aromatic heterocycles. The van der Waals surface area contributed by atoms with Crippen molar-refractivity contribution in [3.8, 4) is 0 Å². The van der Waals surface area contributed by atoms with Gasteiger partial charge in [0.15, 0.2) is 0 Å². The summed E-state index contributed by atoms with van der Waals surface area (Å²) in [6, 6.07) is 0. The van der Waals surface area contributed by atoms with Gasteiger partial charge in [-0.15, -0.1) is 11.6 Å². The van der Waals surface area contributed by atoms with Crippen LogP contribution >= 0.6 is 11.6 Å². The van der Waals surface area contributed by atoms with E-state index in [4.69, 9.17) is 25.8 Å². The van der Waals surface area contributed by atoms with E-state index in [-0.39, 0.29) is 17.6 Å². The maximum absolute atomic E-state index is 6.18. The Morgan fingerprint density at radius 1 is 1.21 bits per heavy atom. The summed E-state index contributed by atoms with van der Waals surface area (Å²) in [5.41, 5.74) is 0. The van der Waals surface area contributed by atoms with Crippen molar-refractivity contribution in [1.29, 1.82) is 0 Å². The average molecular weight is 293 g/mol. The molecule has 0 spiro atoms. The Morgan fingerprint density at radius 3 is 2.58 bits per heavy atom. The fourth-order valence-corrected chi connectivity index (χ4v) is 2.74. The van der Waals surface area contributed by atoms with Gasteiger partial charge in [0, 0.05) is 13.7 Å². The third kappa shape index (κ3) is 5.99. The fraction of sp³-hybridized carbons (Fsp3) is 1.00. The molecule has 4 unspecified atom stereocenters. The zero-order chi connectivity index (χ0) is 14.1. The van der Waals surface area contributed by atoms with Crippen molar-refractivity contribution in [3.63, 3.8) is 0 Å². The van der Waals surface area contributed by atoms with Gasteiger partial charge in [-0.2, -0.15) is 0 Å². The number of methoxy groups -OCH3 is 1. The second-order valence-corrected chi connectivity index (χ2v) is 5.93. The van der Waals surface area contributed by atoms with E-state index in [1.165, 1.54) is 25.7 Å². The Balaban J connectivity index is 2.20. The highest BCUT2D eigenvalue weighted by Crippen LogP contribution is 2.32. The highest BCUT2D eigenvalue weighted by molar-refractivity contribution is 6.21. The van der Waals surface area contributed by atoms with Crippen LogP contribution in [0.1, 0.15) is 46.0 Å². The Hall–Kier alpha value is 0.170. The molecule has 0 aromatic carbocycles. The molecule has 114 valence electrons.